The van der Waals surface area contributed by atoms with Crippen LogP contribution in [0.3, 0.4) is 0 Å². The second-order valence-electron chi connectivity index (χ2n) is 7.50. The van der Waals surface area contributed by atoms with Gasteiger partial charge in [-0.2, -0.15) is 5.10 Å². The van der Waals surface area contributed by atoms with E-state index >= 15 is 0 Å². The lowest BCUT2D eigenvalue weighted by Gasteiger charge is -2.26. The lowest BCUT2D eigenvalue weighted by Crippen LogP contribution is -2.36. The number of rotatable bonds is 1. The van der Waals surface area contributed by atoms with Gasteiger partial charge in [-0.25, -0.2) is 4.79 Å². The first kappa shape index (κ1) is 16.8. The molecule has 7 heteroatoms. The monoisotopic (exact) mass is 334 g/mol. The van der Waals surface area contributed by atoms with Crippen LogP contribution < -0.4 is 0 Å². The minimum absolute atomic E-state index is 0.00288. The Balaban J connectivity index is 1.73. The maximum absolute atomic E-state index is 12.5. The SMILES string of the molecule is CC(C)(C)OC(=O)N1CCCn2nc(C(=O)N3CCCC3)cc2C1. The van der Waals surface area contributed by atoms with Gasteiger partial charge in [-0.3, -0.25) is 9.48 Å². The fourth-order valence-corrected chi connectivity index (χ4v) is 3.13. The van der Waals surface area contributed by atoms with Crippen LogP contribution in [0.15, 0.2) is 6.07 Å². The third-order valence-corrected chi connectivity index (χ3v) is 4.28. The predicted octanol–water partition coefficient (Wildman–Crippen LogP) is 2.26. The van der Waals surface area contributed by atoms with Crippen LogP contribution in [0.1, 0.15) is 56.2 Å². The van der Waals surface area contributed by atoms with Gasteiger partial charge in [0, 0.05) is 26.2 Å². The molecule has 0 spiro atoms. The lowest BCUT2D eigenvalue weighted by atomic mass is 10.2. The number of aromatic nitrogens is 2. The highest BCUT2D eigenvalue weighted by atomic mass is 16.6. The Hall–Kier alpha value is -2.05. The van der Waals surface area contributed by atoms with Crippen molar-refractivity contribution in [2.24, 2.45) is 0 Å². The van der Waals surface area contributed by atoms with Crippen LogP contribution in [-0.2, 0) is 17.8 Å². The first-order valence-electron chi connectivity index (χ1n) is 8.67. The second-order valence-corrected chi connectivity index (χ2v) is 7.50. The highest BCUT2D eigenvalue weighted by Crippen LogP contribution is 2.19. The van der Waals surface area contributed by atoms with Gasteiger partial charge < -0.3 is 14.5 Å². The summed E-state index contributed by atoms with van der Waals surface area (Å²) in [6.45, 7) is 8.97. The molecule has 132 valence electrons. The molecular weight excluding hydrogens is 308 g/mol. The molecule has 0 N–H and O–H groups in total. The summed E-state index contributed by atoms with van der Waals surface area (Å²) in [7, 11) is 0. The van der Waals surface area contributed by atoms with Crippen LogP contribution in [0, 0.1) is 0 Å². The third kappa shape index (κ3) is 3.71. The zero-order valence-corrected chi connectivity index (χ0v) is 14.7. The van der Waals surface area contributed by atoms with Gasteiger partial charge in [-0.05, 0) is 46.1 Å². The Morgan fingerprint density at radius 1 is 1.04 bits per heavy atom. The zero-order chi connectivity index (χ0) is 17.3. The number of aryl methyl sites for hydroxylation is 1. The molecule has 0 radical (unpaired) electrons. The van der Waals surface area contributed by atoms with Gasteiger partial charge in [0.1, 0.15) is 5.60 Å². The normalized spacial score (nSPS) is 18.3. The summed E-state index contributed by atoms with van der Waals surface area (Å²) in [5, 5.41) is 4.47. The fourth-order valence-electron chi connectivity index (χ4n) is 3.13. The van der Waals surface area contributed by atoms with Crippen molar-refractivity contribution in [2.75, 3.05) is 19.6 Å². The molecule has 0 saturated carbocycles. The molecule has 3 rings (SSSR count). The van der Waals surface area contributed by atoms with E-state index in [1.165, 1.54) is 0 Å². The van der Waals surface area contributed by atoms with Gasteiger partial charge in [-0.1, -0.05) is 0 Å². The number of hydrogen-bond acceptors (Lipinski definition) is 4. The van der Waals surface area contributed by atoms with Crippen molar-refractivity contribution in [1.29, 1.82) is 0 Å². The van der Waals surface area contributed by atoms with Gasteiger partial charge in [0.2, 0.25) is 0 Å². The van der Waals surface area contributed by atoms with Crippen molar-refractivity contribution in [3.63, 3.8) is 0 Å². The second kappa shape index (κ2) is 6.45. The Bertz CT molecular complexity index is 626. The van der Waals surface area contributed by atoms with E-state index in [0.717, 1.165) is 38.0 Å². The number of amides is 2. The smallest absolute Gasteiger partial charge is 0.410 e. The van der Waals surface area contributed by atoms with Crippen LogP contribution in [0.2, 0.25) is 0 Å². The number of hydrogen-bond donors (Lipinski definition) is 0. The molecule has 0 aromatic carbocycles. The maximum Gasteiger partial charge on any atom is 0.410 e. The molecule has 24 heavy (non-hydrogen) atoms. The van der Waals surface area contributed by atoms with Crippen molar-refractivity contribution in [3.8, 4) is 0 Å². The minimum Gasteiger partial charge on any atom is -0.444 e. The molecular formula is C17H26N4O3. The summed E-state index contributed by atoms with van der Waals surface area (Å²) in [5.74, 6) is -0.00288. The Labute approximate surface area is 142 Å². The molecule has 1 aromatic rings. The van der Waals surface area contributed by atoms with Crippen molar-refractivity contribution in [2.45, 2.75) is 58.7 Å². The van der Waals surface area contributed by atoms with Gasteiger partial charge in [0.05, 0.1) is 12.2 Å². The van der Waals surface area contributed by atoms with E-state index in [1.54, 1.807) is 4.90 Å². The molecule has 7 nitrogen and oxygen atoms in total. The van der Waals surface area contributed by atoms with Gasteiger partial charge in [-0.15, -0.1) is 0 Å². The molecule has 2 aliphatic rings. The van der Waals surface area contributed by atoms with E-state index in [2.05, 4.69) is 5.10 Å². The lowest BCUT2D eigenvalue weighted by molar-refractivity contribution is 0.0236. The minimum atomic E-state index is -0.513. The van der Waals surface area contributed by atoms with E-state index in [9.17, 15) is 9.59 Å². The van der Waals surface area contributed by atoms with Crippen LogP contribution in [0.25, 0.3) is 0 Å². The molecule has 0 aliphatic carbocycles. The third-order valence-electron chi connectivity index (χ3n) is 4.28. The molecule has 1 fully saturated rings. The highest BCUT2D eigenvalue weighted by Gasteiger charge is 2.28. The number of nitrogens with zero attached hydrogens (tertiary/aromatic N) is 4. The highest BCUT2D eigenvalue weighted by molar-refractivity contribution is 5.92. The number of carbonyl (C=O) groups is 2. The average molecular weight is 334 g/mol. The first-order chi connectivity index (χ1) is 11.3. The molecule has 2 amide bonds. The van der Waals surface area contributed by atoms with Crippen LogP contribution in [0.5, 0.6) is 0 Å². The Kier molecular flexibility index (Phi) is 4.51. The maximum atomic E-state index is 12.5. The fraction of sp³-hybridized carbons (Fsp3) is 0.706. The number of likely N-dealkylation sites (tertiary alicyclic amines) is 1. The molecule has 1 aromatic heterocycles. The summed E-state index contributed by atoms with van der Waals surface area (Å²) in [6.07, 6.45) is 2.60. The molecule has 2 aliphatic heterocycles. The quantitative estimate of drug-likeness (QED) is 0.790. The van der Waals surface area contributed by atoms with E-state index in [-0.39, 0.29) is 12.0 Å². The summed E-state index contributed by atoms with van der Waals surface area (Å²) in [5.41, 5.74) is 0.861. The van der Waals surface area contributed by atoms with Crippen molar-refractivity contribution in [3.05, 3.63) is 17.5 Å². The molecule has 1 saturated heterocycles. The van der Waals surface area contributed by atoms with Crippen molar-refractivity contribution < 1.29 is 14.3 Å². The van der Waals surface area contributed by atoms with E-state index in [0.29, 0.717) is 25.3 Å². The topological polar surface area (TPSA) is 67.7 Å². The summed E-state index contributed by atoms with van der Waals surface area (Å²) >= 11 is 0. The summed E-state index contributed by atoms with van der Waals surface area (Å²) in [4.78, 5) is 28.4. The summed E-state index contributed by atoms with van der Waals surface area (Å²) < 4.78 is 7.32. The van der Waals surface area contributed by atoms with Gasteiger partial charge in [0.25, 0.3) is 5.91 Å². The number of ether oxygens (including phenoxy) is 1. The van der Waals surface area contributed by atoms with Crippen molar-refractivity contribution >= 4 is 12.0 Å². The standard InChI is InChI=1S/C17H26N4O3/c1-17(2,3)24-16(23)20-9-6-10-21-13(12-20)11-14(18-21)15(22)19-7-4-5-8-19/h11H,4-10,12H2,1-3H3. The molecule has 0 bridgehead atoms. The first-order valence-corrected chi connectivity index (χ1v) is 8.67. The Morgan fingerprint density at radius 2 is 1.71 bits per heavy atom. The van der Waals surface area contributed by atoms with Crippen molar-refractivity contribution in [1.82, 2.24) is 19.6 Å². The zero-order valence-electron chi connectivity index (χ0n) is 14.7. The van der Waals surface area contributed by atoms with E-state index in [1.807, 2.05) is 36.4 Å². The largest absolute Gasteiger partial charge is 0.444 e. The van der Waals surface area contributed by atoms with Crippen LogP contribution >= 0.6 is 0 Å². The van der Waals surface area contributed by atoms with Gasteiger partial charge in [0.15, 0.2) is 5.69 Å². The van der Waals surface area contributed by atoms with Gasteiger partial charge >= 0.3 is 6.09 Å². The van der Waals surface area contributed by atoms with E-state index in [4.69, 9.17) is 4.74 Å². The van der Waals surface area contributed by atoms with Crippen LogP contribution in [0.4, 0.5) is 4.79 Å². The van der Waals surface area contributed by atoms with Crippen LogP contribution in [-0.4, -0.2) is 56.8 Å². The Morgan fingerprint density at radius 3 is 2.38 bits per heavy atom. The number of carbonyl (C=O) groups excluding carboxylic acids is 2. The molecule has 3 heterocycles. The molecule has 0 unspecified atom stereocenters. The average Bonchev–Trinajstić information content (AvgIpc) is 3.11. The summed E-state index contributed by atoms with van der Waals surface area (Å²) in [6, 6.07) is 1.82. The predicted molar refractivity (Wildman–Crippen MR) is 88.6 cm³/mol. The molecule has 0 atom stereocenters. The number of fused-ring (bicyclic) bond motifs is 1. The van der Waals surface area contributed by atoms with E-state index < -0.39 is 5.60 Å².